The molecule has 4 rings (SSSR count). The van der Waals surface area contributed by atoms with Gasteiger partial charge < -0.3 is 15.7 Å². The number of amides is 1. The zero-order valence-corrected chi connectivity index (χ0v) is 21.4. The van der Waals surface area contributed by atoms with Crippen LogP contribution in [0.3, 0.4) is 0 Å². The monoisotopic (exact) mass is 547 g/mol. The molecule has 1 heterocycles. The second-order valence-electron chi connectivity index (χ2n) is 9.40. The Morgan fingerprint density at radius 3 is 2.40 bits per heavy atom. The minimum atomic E-state index is -4.95. The molecule has 3 aromatic carbocycles. The van der Waals surface area contributed by atoms with Gasteiger partial charge in [0.15, 0.2) is 0 Å². The summed E-state index contributed by atoms with van der Waals surface area (Å²) in [7, 11) is 0. The number of likely N-dealkylation sites (tertiary alicyclic amines) is 1. The third kappa shape index (κ3) is 6.94. The molecule has 0 bridgehead atoms. The van der Waals surface area contributed by atoms with E-state index in [9.17, 15) is 23.1 Å². The van der Waals surface area contributed by atoms with Crippen molar-refractivity contribution in [1.29, 1.82) is 10.7 Å². The van der Waals surface area contributed by atoms with Gasteiger partial charge in [0.25, 0.3) is 5.91 Å². The van der Waals surface area contributed by atoms with Crippen molar-refractivity contribution in [3.05, 3.63) is 107 Å². The average Bonchev–Trinajstić information content (AvgIpc) is 3.41. The molecule has 10 heteroatoms. The summed E-state index contributed by atoms with van der Waals surface area (Å²) in [6, 6.07) is 24.4. The highest BCUT2D eigenvalue weighted by Crippen LogP contribution is 2.35. The van der Waals surface area contributed by atoms with Crippen LogP contribution in [0, 0.1) is 16.7 Å². The summed E-state index contributed by atoms with van der Waals surface area (Å²) in [4.78, 5) is 15.4. The van der Waals surface area contributed by atoms with Gasteiger partial charge in [-0.3, -0.25) is 15.1 Å². The number of carbonyl (C=O) groups is 1. The zero-order chi connectivity index (χ0) is 28.7. The number of rotatable bonds is 9. The molecular formula is C30H28F3N5O2. The van der Waals surface area contributed by atoms with Crippen LogP contribution in [-0.4, -0.2) is 47.0 Å². The molecule has 0 radical (unpaired) electrons. The molecule has 1 saturated heterocycles. The molecule has 206 valence electrons. The standard InChI is InChI=1S/C30H28F3N5O2/c31-30(32,33)27(35)17-26(36-23-11-4-7-20(15-23)18-34)29(40)37-24-12-5-10-22(16-24)28(21-8-2-1-3-9-21)38-14-6-13-25(38)19-39/h1-5,7-12,15-17,25,28,35-36,39H,6,13-14,19H2,(H,37,40)/b26-17-,35-27?. The van der Waals surface area contributed by atoms with Gasteiger partial charge in [0.1, 0.15) is 11.4 Å². The van der Waals surface area contributed by atoms with Gasteiger partial charge in [-0.1, -0.05) is 48.5 Å². The number of nitrogens with zero attached hydrogens (tertiary/aromatic N) is 2. The van der Waals surface area contributed by atoms with Crippen LogP contribution >= 0.6 is 0 Å². The van der Waals surface area contributed by atoms with Crippen LogP contribution in [0.1, 0.15) is 35.6 Å². The number of hydrogen-bond acceptors (Lipinski definition) is 6. The Bertz CT molecular complexity index is 1430. The lowest BCUT2D eigenvalue weighted by Gasteiger charge is -2.33. The van der Waals surface area contributed by atoms with E-state index in [0.29, 0.717) is 11.8 Å². The summed E-state index contributed by atoms with van der Waals surface area (Å²) in [6.07, 6.45) is -2.75. The largest absolute Gasteiger partial charge is 0.432 e. The molecule has 3 aromatic rings. The van der Waals surface area contributed by atoms with E-state index < -0.39 is 23.5 Å². The van der Waals surface area contributed by atoms with Gasteiger partial charge in [-0.2, -0.15) is 18.4 Å². The molecule has 40 heavy (non-hydrogen) atoms. The Kier molecular flexibility index (Phi) is 8.99. The summed E-state index contributed by atoms with van der Waals surface area (Å²) in [5.41, 5.74) is 0.444. The Morgan fingerprint density at radius 2 is 1.73 bits per heavy atom. The molecule has 2 unspecified atom stereocenters. The summed E-state index contributed by atoms with van der Waals surface area (Å²) in [5, 5.41) is 31.8. The van der Waals surface area contributed by atoms with Crippen molar-refractivity contribution in [1.82, 2.24) is 4.90 Å². The SMILES string of the molecule is N#Cc1cccc(N/C(=C\C(=N)C(F)(F)F)C(=O)Nc2cccc(C(c3ccccc3)N3CCCC3CO)c2)c1. The molecule has 7 nitrogen and oxygen atoms in total. The fraction of sp³-hybridized carbons (Fsp3) is 0.233. The molecule has 1 aliphatic rings. The second-order valence-corrected chi connectivity index (χ2v) is 9.40. The van der Waals surface area contributed by atoms with Crippen molar-refractivity contribution < 1.29 is 23.1 Å². The number of nitrogens with one attached hydrogen (secondary N) is 3. The maximum atomic E-state index is 13.2. The maximum absolute atomic E-state index is 13.2. The summed E-state index contributed by atoms with van der Waals surface area (Å²) < 4.78 is 39.5. The molecule has 4 N–H and O–H groups in total. The topological polar surface area (TPSA) is 112 Å². The van der Waals surface area contributed by atoms with E-state index in [-0.39, 0.29) is 29.9 Å². The van der Waals surface area contributed by atoms with Crippen LogP contribution in [0.25, 0.3) is 0 Å². The fourth-order valence-electron chi connectivity index (χ4n) is 4.80. The predicted octanol–water partition coefficient (Wildman–Crippen LogP) is 5.62. The van der Waals surface area contributed by atoms with Crippen molar-refractivity contribution >= 4 is 23.0 Å². The van der Waals surface area contributed by atoms with Crippen LogP contribution in [0.4, 0.5) is 24.5 Å². The first-order chi connectivity index (χ1) is 19.2. The summed E-state index contributed by atoms with van der Waals surface area (Å²) in [5.74, 6) is -0.890. The Morgan fingerprint density at radius 1 is 1.05 bits per heavy atom. The first-order valence-corrected chi connectivity index (χ1v) is 12.7. The van der Waals surface area contributed by atoms with E-state index in [1.54, 1.807) is 18.2 Å². The molecule has 1 amide bonds. The van der Waals surface area contributed by atoms with E-state index >= 15 is 0 Å². The number of benzene rings is 3. The lowest BCUT2D eigenvalue weighted by atomic mass is 9.96. The summed E-state index contributed by atoms with van der Waals surface area (Å²) in [6.45, 7) is 0.789. The highest BCUT2D eigenvalue weighted by Gasteiger charge is 2.34. The van der Waals surface area contributed by atoms with Crippen LogP contribution in [0.2, 0.25) is 0 Å². The van der Waals surface area contributed by atoms with Crippen LogP contribution in [0.15, 0.2) is 90.6 Å². The van der Waals surface area contributed by atoms with Crippen LogP contribution < -0.4 is 10.6 Å². The van der Waals surface area contributed by atoms with E-state index in [0.717, 1.165) is 30.5 Å². The minimum Gasteiger partial charge on any atom is -0.395 e. The number of anilines is 2. The number of alkyl halides is 3. The zero-order valence-electron chi connectivity index (χ0n) is 21.4. The number of nitriles is 1. The molecule has 1 fully saturated rings. The Labute approximate surface area is 230 Å². The average molecular weight is 548 g/mol. The van der Waals surface area contributed by atoms with Gasteiger partial charge in [-0.05, 0) is 66.9 Å². The van der Waals surface area contributed by atoms with Crippen molar-refractivity contribution in [2.45, 2.75) is 31.1 Å². The number of allylic oxidation sites excluding steroid dienone is 1. The normalized spacial score (nSPS) is 16.7. The van der Waals surface area contributed by atoms with E-state index in [4.69, 9.17) is 10.7 Å². The third-order valence-corrected chi connectivity index (χ3v) is 6.65. The molecule has 0 aliphatic carbocycles. The van der Waals surface area contributed by atoms with Gasteiger partial charge in [0.05, 0.1) is 24.3 Å². The number of hydrogen-bond donors (Lipinski definition) is 4. The number of aliphatic hydroxyl groups excluding tert-OH is 1. The van der Waals surface area contributed by atoms with Gasteiger partial charge in [-0.15, -0.1) is 0 Å². The van der Waals surface area contributed by atoms with Crippen molar-refractivity contribution in [3.8, 4) is 6.07 Å². The molecule has 0 spiro atoms. The maximum Gasteiger partial charge on any atom is 0.432 e. The number of aliphatic hydroxyl groups is 1. The number of halogens is 3. The third-order valence-electron chi connectivity index (χ3n) is 6.65. The summed E-state index contributed by atoms with van der Waals surface area (Å²) >= 11 is 0. The molecule has 2 atom stereocenters. The lowest BCUT2D eigenvalue weighted by molar-refractivity contribution is -0.112. The predicted molar refractivity (Wildman–Crippen MR) is 147 cm³/mol. The van der Waals surface area contributed by atoms with Crippen LogP contribution in [-0.2, 0) is 4.79 Å². The lowest BCUT2D eigenvalue weighted by Crippen LogP contribution is -2.36. The molecule has 1 aliphatic heterocycles. The van der Waals surface area contributed by atoms with Gasteiger partial charge in [-0.25, -0.2) is 0 Å². The van der Waals surface area contributed by atoms with E-state index in [1.807, 2.05) is 42.5 Å². The highest BCUT2D eigenvalue weighted by molar-refractivity contribution is 6.11. The van der Waals surface area contributed by atoms with Crippen molar-refractivity contribution in [3.63, 3.8) is 0 Å². The van der Waals surface area contributed by atoms with E-state index in [2.05, 4.69) is 15.5 Å². The molecule has 0 saturated carbocycles. The smallest absolute Gasteiger partial charge is 0.395 e. The van der Waals surface area contributed by atoms with Crippen LogP contribution in [0.5, 0.6) is 0 Å². The first kappa shape index (κ1) is 28.5. The van der Waals surface area contributed by atoms with E-state index in [1.165, 1.54) is 24.3 Å². The highest BCUT2D eigenvalue weighted by atomic mass is 19.4. The minimum absolute atomic E-state index is 0.0117. The van der Waals surface area contributed by atoms with Gasteiger partial charge in [0, 0.05) is 17.4 Å². The van der Waals surface area contributed by atoms with Gasteiger partial charge >= 0.3 is 6.18 Å². The number of carbonyl (C=O) groups excluding carboxylic acids is 1. The van der Waals surface area contributed by atoms with Crippen molar-refractivity contribution in [2.24, 2.45) is 0 Å². The Hall–Kier alpha value is -4.46. The molecule has 0 aromatic heterocycles. The Balaban J connectivity index is 1.65. The second kappa shape index (κ2) is 12.6. The fourth-order valence-corrected chi connectivity index (χ4v) is 4.80. The molecular weight excluding hydrogens is 519 g/mol. The van der Waals surface area contributed by atoms with Gasteiger partial charge in [0.2, 0.25) is 0 Å². The first-order valence-electron chi connectivity index (χ1n) is 12.7. The quantitative estimate of drug-likeness (QED) is 0.205. The van der Waals surface area contributed by atoms with Crippen molar-refractivity contribution in [2.75, 3.05) is 23.8 Å².